The van der Waals surface area contributed by atoms with E-state index in [1.165, 1.54) is 0 Å². The average molecular weight is 569 g/mol. The van der Waals surface area contributed by atoms with Crippen molar-refractivity contribution in [2.24, 2.45) is 4.99 Å². The molecule has 9 nitrogen and oxygen atoms in total. The molecule has 0 spiro atoms. The molecule has 172 valence electrons. The first-order valence-corrected chi connectivity index (χ1v) is 11.9. The zero-order valence-corrected chi connectivity index (χ0v) is 21.1. The van der Waals surface area contributed by atoms with Gasteiger partial charge in [0.1, 0.15) is 0 Å². The smallest absolute Gasteiger partial charge is 0.243 e. The van der Waals surface area contributed by atoms with Crippen molar-refractivity contribution in [2.75, 3.05) is 19.6 Å². The maximum absolute atomic E-state index is 12.7. The zero-order chi connectivity index (χ0) is 21.7. The van der Waals surface area contributed by atoms with Crippen molar-refractivity contribution in [2.45, 2.75) is 37.8 Å². The molecule has 1 fully saturated rings. The van der Waals surface area contributed by atoms with Gasteiger partial charge in [-0.3, -0.25) is 4.40 Å². The van der Waals surface area contributed by atoms with E-state index in [9.17, 15) is 8.42 Å². The van der Waals surface area contributed by atoms with E-state index in [2.05, 4.69) is 25.8 Å². The number of pyridine rings is 1. The molecule has 3 heterocycles. The molecule has 1 saturated heterocycles. The highest BCUT2D eigenvalue weighted by molar-refractivity contribution is 14.0. The number of halogens is 1. The zero-order valence-electron chi connectivity index (χ0n) is 17.9. The summed E-state index contributed by atoms with van der Waals surface area (Å²) in [5.74, 6) is 1.45. The third-order valence-electron chi connectivity index (χ3n) is 5.19. The fourth-order valence-electron chi connectivity index (χ4n) is 3.53. The maximum Gasteiger partial charge on any atom is 0.243 e. The minimum absolute atomic E-state index is 0. The minimum atomic E-state index is -3.39. The average Bonchev–Trinajstić information content (AvgIpc) is 3.47. The molecular weight excluding hydrogens is 541 g/mol. The largest absolute Gasteiger partial charge is 0.357 e. The van der Waals surface area contributed by atoms with Gasteiger partial charge in [-0.2, -0.15) is 4.31 Å². The predicted molar refractivity (Wildman–Crippen MR) is 134 cm³/mol. The van der Waals surface area contributed by atoms with Crippen LogP contribution >= 0.6 is 24.0 Å². The van der Waals surface area contributed by atoms with Crippen LogP contribution in [0, 0.1) is 0 Å². The Morgan fingerprint density at radius 3 is 2.53 bits per heavy atom. The maximum atomic E-state index is 12.7. The summed E-state index contributed by atoms with van der Waals surface area (Å²) in [5.41, 5.74) is 1.73. The van der Waals surface area contributed by atoms with Crippen molar-refractivity contribution in [3.05, 3.63) is 60.0 Å². The van der Waals surface area contributed by atoms with Gasteiger partial charge in [0.25, 0.3) is 0 Å². The number of sulfonamides is 1. The highest BCUT2D eigenvalue weighted by atomic mass is 127. The van der Waals surface area contributed by atoms with Crippen molar-refractivity contribution in [1.29, 1.82) is 0 Å². The van der Waals surface area contributed by atoms with Gasteiger partial charge < -0.3 is 10.6 Å². The molecule has 2 N–H and O–H groups in total. The van der Waals surface area contributed by atoms with Gasteiger partial charge in [-0.15, -0.1) is 34.2 Å². The number of nitrogens with one attached hydrogen (secondary N) is 2. The fourth-order valence-corrected chi connectivity index (χ4v) is 5.05. The number of fused-ring (bicyclic) bond motifs is 1. The number of aromatic nitrogens is 3. The topological polar surface area (TPSA) is 104 Å². The van der Waals surface area contributed by atoms with Gasteiger partial charge in [0.05, 0.1) is 18.0 Å². The summed E-state index contributed by atoms with van der Waals surface area (Å²) in [5, 5.41) is 14.9. The van der Waals surface area contributed by atoms with Gasteiger partial charge in [0.15, 0.2) is 17.4 Å². The van der Waals surface area contributed by atoms with Gasteiger partial charge in [-0.05, 0) is 49.6 Å². The van der Waals surface area contributed by atoms with E-state index in [1.54, 1.807) is 16.4 Å². The van der Waals surface area contributed by atoms with Gasteiger partial charge in [0.2, 0.25) is 10.0 Å². The van der Waals surface area contributed by atoms with Crippen LogP contribution in [0.1, 0.15) is 31.2 Å². The van der Waals surface area contributed by atoms with Crippen LogP contribution in [0.5, 0.6) is 0 Å². The molecule has 32 heavy (non-hydrogen) atoms. The van der Waals surface area contributed by atoms with E-state index in [4.69, 9.17) is 0 Å². The molecule has 1 aromatic carbocycles. The van der Waals surface area contributed by atoms with E-state index >= 15 is 0 Å². The summed E-state index contributed by atoms with van der Waals surface area (Å²) in [6, 6.07) is 12.7. The molecule has 2 aromatic heterocycles. The Hall–Kier alpha value is -2.25. The number of guanidine groups is 1. The van der Waals surface area contributed by atoms with Crippen molar-refractivity contribution in [3.8, 4) is 0 Å². The van der Waals surface area contributed by atoms with Crippen LogP contribution < -0.4 is 10.6 Å². The summed E-state index contributed by atoms with van der Waals surface area (Å²) in [7, 11) is -3.39. The Labute approximate surface area is 205 Å². The quantitative estimate of drug-likeness (QED) is 0.257. The molecular formula is C21H28IN7O2S. The van der Waals surface area contributed by atoms with Crippen LogP contribution in [0.2, 0.25) is 0 Å². The molecule has 0 radical (unpaired) electrons. The second kappa shape index (κ2) is 11.1. The summed E-state index contributed by atoms with van der Waals surface area (Å²) in [6.45, 7) is 4.84. The molecule has 0 aliphatic carbocycles. The Bertz CT molecular complexity index is 1160. The van der Waals surface area contributed by atoms with Crippen LogP contribution in [0.25, 0.3) is 5.65 Å². The second-order valence-corrected chi connectivity index (χ2v) is 9.29. The van der Waals surface area contributed by atoms with Crippen LogP contribution in [-0.4, -0.2) is 52.9 Å². The number of nitrogens with zero attached hydrogens (tertiary/aromatic N) is 5. The molecule has 0 atom stereocenters. The Morgan fingerprint density at radius 2 is 1.81 bits per heavy atom. The minimum Gasteiger partial charge on any atom is -0.357 e. The Balaban J connectivity index is 0.00000289. The van der Waals surface area contributed by atoms with Crippen LogP contribution in [0.15, 0.2) is 58.5 Å². The SMILES string of the molecule is CCNC(=NCc1ccc(S(=O)(=O)N2CCCC2)cc1)NCc1nnc2ccccn12.I. The normalized spacial score (nSPS) is 15.0. The fraction of sp³-hybridized carbons (Fsp3) is 0.381. The first-order valence-electron chi connectivity index (χ1n) is 10.5. The van der Waals surface area contributed by atoms with E-state index in [0.717, 1.165) is 36.4 Å². The lowest BCUT2D eigenvalue weighted by atomic mass is 10.2. The van der Waals surface area contributed by atoms with Gasteiger partial charge in [-0.1, -0.05) is 18.2 Å². The lowest BCUT2D eigenvalue weighted by Crippen LogP contribution is -2.37. The monoisotopic (exact) mass is 569 g/mol. The third kappa shape index (κ3) is 5.56. The molecule has 11 heteroatoms. The Morgan fingerprint density at radius 1 is 1.06 bits per heavy atom. The molecule has 1 aliphatic rings. The first kappa shape index (κ1) is 24.4. The van der Waals surface area contributed by atoms with Gasteiger partial charge >= 0.3 is 0 Å². The summed E-state index contributed by atoms with van der Waals surface area (Å²) < 4.78 is 28.8. The predicted octanol–water partition coefficient (Wildman–Crippen LogP) is 2.39. The molecule has 0 saturated carbocycles. The number of aliphatic imine (C=N–C) groups is 1. The van der Waals surface area contributed by atoms with Crippen molar-refractivity contribution < 1.29 is 8.42 Å². The van der Waals surface area contributed by atoms with Gasteiger partial charge in [-0.25, -0.2) is 13.4 Å². The van der Waals surface area contributed by atoms with Crippen LogP contribution in [-0.2, 0) is 23.1 Å². The highest BCUT2D eigenvalue weighted by Gasteiger charge is 2.26. The number of hydrogen-bond acceptors (Lipinski definition) is 5. The first-order chi connectivity index (χ1) is 15.1. The van der Waals surface area contributed by atoms with Gasteiger partial charge in [0, 0.05) is 25.8 Å². The summed E-state index contributed by atoms with van der Waals surface area (Å²) >= 11 is 0. The molecule has 0 bridgehead atoms. The standard InChI is InChI=1S/C21H27N7O2S.HI/c1-2-22-21(24-16-20-26-25-19-7-3-4-14-28(19)20)23-15-17-8-10-18(11-9-17)31(29,30)27-12-5-6-13-27;/h3-4,7-11,14H,2,5-6,12-13,15-16H2,1H3,(H2,22,23,24);1H. The number of hydrogen-bond donors (Lipinski definition) is 2. The van der Waals surface area contributed by atoms with Crippen molar-refractivity contribution in [3.63, 3.8) is 0 Å². The lowest BCUT2D eigenvalue weighted by Gasteiger charge is -2.15. The van der Waals surface area contributed by atoms with E-state index < -0.39 is 10.0 Å². The molecule has 4 rings (SSSR count). The molecule has 3 aromatic rings. The van der Waals surface area contributed by atoms with Crippen LogP contribution in [0.3, 0.4) is 0 Å². The molecule has 0 unspecified atom stereocenters. The van der Waals surface area contributed by atoms with E-state index in [1.807, 2.05) is 47.9 Å². The third-order valence-corrected chi connectivity index (χ3v) is 7.10. The van der Waals surface area contributed by atoms with Crippen molar-refractivity contribution >= 4 is 45.6 Å². The second-order valence-electron chi connectivity index (χ2n) is 7.35. The Kier molecular flexibility index (Phi) is 8.43. The molecule has 0 amide bonds. The number of rotatable bonds is 7. The number of benzene rings is 1. The summed E-state index contributed by atoms with van der Waals surface area (Å²) in [6.07, 6.45) is 3.78. The highest BCUT2D eigenvalue weighted by Crippen LogP contribution is 2.21. The van der Waals surface area contributed by atoms with E-state index in [-0.39, 0.29) is 24.0 Å². The summed E-state index contributed by atoms with van der Waals surface area (Å²) in [4.78, 5) is 4.95. The van der Waals surface area contributed by atoms with Crippen molar-refractivity contribution in [1.82, 2.24) is 29.5 Å². The van der Waals surface area contributed by atoms with E-state index in [0.29, 0.717) is 37.0 Å². The molecule has 1 aliphatic heterocycles. The van der Waals surface area contributed by atoms with Crippen LogP contribution in [0.4, 0.5) is 0 Å². The lowest BCUT2D eigenvalue weighted by molar-refractivity contribution is 0.477.